The first kappa shape index (κ1) is 14.5. The highest BCUT2D eigenvalue weighted by Crippen LogP contribution is 2.19. The number of aliphatic carboxylic acids is 1. The summed E-state index contributed by atoms with van der Waals surface area (Å²) in [5.74, 6) is 0.0335. The van der Waals surface area contributed by atoms with E-state index in [-0.39, 0.29) is 6.04 Å². The molecule has 0 aromatic rings. The van der Waals surface area contributed by atoms with Crippen LogP contribution in [0.15, 0.2) is 0 Å². The maximum absolute atomic E-state index is 11.1. The first-order valence-electron chi connectivity index (χ1n) is 6.74. The smallest absolute Gasteiger partial charge is 0.320 e. The van der Waals surface area contributed by atoms with Gasteiger partial charge >= 0.3 is 5.97 Å². The van der Waals surface area contributed by atoms with Crippen molar-refractivity contribution in [3.05, 3.63) is 0 Å². The third-order valence-electron chi connectivity index (χ3n) is 3.58. The molecule has 1 unspecified atom stereocenters. The summed E-state index contributed by atoms with van der Waals surface area (Å²) in [6.07, 6.45) is 2.93. The van der Waals surface area contributed by atoms with E-state index in [1.54, 1.807) is 0 Å². The Morgan fingerprint density at radius 3 is 2.41 bits per heavy atom. The average molecular weight is 242 g/mol. The number of piperidine rings is 1. The van der Waals surface area contributed by atoms with Crippen LogP contribution in [0.1, 0.15) is 40.0 Å². The van der Waals surface area contributed by atoms with E-state index in [9.17, 15) is 4.79 Å². The zero-order valence-electron chi connectivity index (χ0n) is 11.3. The summed E-state index contributed by atoms with van der Waals surface area (Å²) < 4.78 is 0. The number of rotatable bonds is 6. The molecule has 1 aliphatic heterocycles. The first-order chi connectivity index (χ1) is 8.04. The van der Waals surface area contributed by atoms with Crippen LogP contribution in [-0.4, -0.2) is 47.7 Å². The number of carboxylic acid groups (broad SMARTS) is 1. The van der Waals surface area contributed by atoms with Crippen LogP contribution < -0.4 is 5.32 Å². The van der Waals surface area contributed by atoms with Crippen LogP contribution in [-0.2, 0) is 4.79 Å². The number of hydrogen-bond donors (Lipinski definition) is 2. The van der Waals surface area contributed by atoms with Gasteiger partial charge < -0.3 is 10.4 Å². The van der Waals surface area contributed by atoms with Gasteiger partial charge in [-0.2, -0.15) is 0 Å². The number of hydrogen-bond acceptors (Lipinski definition) is 3. The number of carbonyl (C=O) groups is 1. The SMILES string of the molecule is CCC(C(=O)O)N1CCC(CNC(C)C)CC1. The lowest BCUT2D eigenvalue weighted by Crippen LogP contribution is -2.46. The fourth-order valence-electron chi connectivity index (χ4n) is 2.46. The first-order valence-corrected chi connectivity index (χ1v) is 6.74. The maximum atomic E-state index is 11.1. The molecule has 100 valence electrons. The van der Waals surface area contributed by atoms with Crippen molar-refractivity contribution in [3.8, 4) is 0 Å². The standard InChI is InChI=1S/C13H26N2O2/c1-4-12(13(16)17)15-7-5-11(6-8-15)9-14-10(2)3/h10-12,14H,4-9H2,1-3H3,(H,16,17). The zero-order chi connectivity index (χ0) is 12.8. The second-order valence-electron chi connectivity index (χ2n) is 5.30. The second-order valence-corrected chi connectivity index (χ2v) is 5.30. The summed E-state index contributed by atoms with van der Waals surface area (Å²) in [6.45, 7) is 9.18. The van der Waals surface area contributed by atoms with Gasteiger partial charge in [0.1, 0.15) is 6.04 Å². The topological polar surface area (TPSA) is 52.6 Å². The van der Waals surface area contributed by atoms with E-state index in [1.807, 2.05) is 6.92 Å². The second kappa shape index (κ2) is 6.97. The van der Waals surface area contributed by atoms with Crippen molar-refractivity contribution in [2.75, 3.05) is 19.6 Å². The lowest BCUT2D eigenvalue weighted by Gasteiger charge is -2.35. The van der Waals surface area contributed by atoms with Crippen LogP contribution in [0.25, 0.3) is 0 Å². The Bertz CT molecular complexity index is 236. The summed E-state index contributed by atoms with van der Waals surface area (Å²) >= 11 is 0. The maximum Gasteiger partial charge on any atom is 0.320 e. The van der Waals surface area contributed by atoms with Gasteiger partial charge in [0, 0.05) is 6.04 Å². The van der Waals surface area contributed by atoms with Gasteiger partial charge in [-0.15, -0.1) is 0 Å². The quantitative estimate of drug-likeness (QED) is 0.742. The molecule has 2 N–H and O–H groups in total. The summed E-state index contributed by atoms with van der Waals surface area (Å²) in [5, 5.41) is 12.6. The molecule has 0 radical (unpaired) electrons. The third-order valence-corrected chi connectivity index (χ3v) is 3.58. The minimum atomic E-state index is -0.675. The van der Waals surface area contributed by atoms with Crippen LogP contribution in [0.4, 0.5) is 0 Å². The number of nitrogens with one attached hydrogen (secondary N) is 1. The van der Waals surface area contributed by atoms with Gasteiger partial charge in [-0.25, -0.2) is 0 Å². The van der Waals surface area contributed by atoms with E-state index in [2.05, 4.69) is 24.1 Å². The fraction of sp³-hybridized carbons (Fsp3) is 0.923. The molecular weight excluding hydrogens is 216 g/mol. The molecule has 1 saturated heterocycles. The van der Waals surface area contributed by atoms with E-state index < -0.39 is 5.97 Å². The monoisotopic (exact) mass is 242 g/mol. The average Bonchev–Trinajstić information content (AvgIpc) is 2.28. The number of likely N-dealkylation sites (tertiary alicyclic amines) is 1. The Labute approximate surface area is 104 Å². The molecule has 0 amide bonds. The lowest BCUT2D eigenvalue weighted by molar-refractivity contribution is -0.144. The molecular formula is C13H26N2O2. The van der Waals surface area contributed by atoms with Gasteiger partial charge in [0.2, 0.25) is 0 Å². The van der Waals surface area contributed by atoms with Crippen molar-refractivity contribution in [3.63, 3.8) is 0 Å². The van der Waals surface area contributed by atoms with Crippen molar-refractivity contribution in [2.24, 2.45) is 5.92 Å². The van der Waals surface area contributed by atoms with Crippen molar-refractivity contribution in [1.82, 2.24) is 10.2 Å². The zero-order valence-corrected chi connectivity index (χ0v) is 11.3. The molecule has 1 heterocycles. The fourth-order valence-corrected chi connectivity index (χ4v) is 2.46. The minimum Gasteiger partial charge on any atom is -0.480 e. The van der Waals surface area contributed by atoms with Gasteiger partial charge in [0.05, 0.1) is 0 Å². The molecule has 0 bridgehead atoms. The molecule has 4 nitrogen and oxygen atoms in total. The van der Waals surface area contributed by atoms with E-state index in [1.165, 1.54) is 0 Å². The van der Waals surface area contributed by atoms with Crippen LogP contribution in [0.3, 0.4) is 0 Å². The van der Waals surface area contributed by atoms with E-state index in [0.717, 1.165) is 32.5 Å². The van der Waals surface area contributed by atoms with Gasteiger partial charge in [0.15, 0.2) is 0 Å². The normalized spacial score (nSPS) is 20.7. The minimum absolute atomic E-state index is 0.283. The molecule has 1 rings (SSSR count). The van der Waals surface area contributed by atoms with Crippen LogP contribution in [0.5, 0.6) is 0 Å². The van der Waals surface area contributed by atoms with Crippen LogP contribution >= 0.6 is 0 Å². The van der Waals surface area contributed by atoms with Crippen LogP contribution in [0.2, 0.25) is 0 Å². The van der Waals surface area contributed by atoms with E-state index >= 15 is 0 Å². The Kier molecular flexibility index (Phi) is 5.92. The van der Waals surface area contributed by atoms with Crippen molar-refractivity contribution in [1.29, 1.82) is 0 Å². The lowest BCUT2D eigenvalue weighted by atomic mass is 9.95. The molecule has 17 heavy (non-hydrogen) atoms. The number of nitrogens with zero attached hydrogens (tertiary/aromatic N) is 1. The Hall–Kier alpha value is -0.610. The van der Waals surface area contributed by atoms with Crippen molar-refractivity contribution < 1.29 is 9.90 Å². The van der Waals surface area contributed by atoms with Crippen molar-refractivity contribution in [2.45, 2.75) is 52.1 Å². The molecule has 0 spiro atoms. The third kappa shape index (κ3) is 4.64. The Morgan fingerprint density at radius 1 is 1.41 bits per heavy atom. The van der Waals surface area contributed by atoms with Gasteiger partial charge in [-0.3, -0.25) is 9.69 Å². The predicted octanol–water partition coefficient (Wildman–Crippen LogP) is 1.56. The molecule has 4 heteroatoms. The summed E-state index contributed by atoms with van der Waals surface area (Å²) in [5.41, 5.74) is 0. The van der Waals surface area contributed by atoms with Gasteiger partial charge in [-0.1, -0.05) is 20.8 Å². The summed E-state index contributed by atoms with van der Waals surface area (Å²) in [6, 6.07) is 0.254. The van der Waals surface area contributed by atoms with Gasteiger partial charge in [-0.05, 0) is 44.8 Å². The molecule has 0 aromatic carbocycles. The predicted molar refractivity (Wildman–Crippen MR) is 69.2 cm³/mol. The number of carboxylic acids is 1. The Balaban J connectivity index is 2.32. The Morgan fingerprint density at radius 2 is 2.00 bits per heavy atom. The molecule has 1 fully saturated rings. The molecule has 0 saturated carbocycles. The molecule has 0 aromatic heterocycles. The van der Waals surface area contributed by atoms with E-state index in [4.69, 9.17) is 5.11 Å². The molecule has 1 aliphatic rings. The van der Waals surface area contributed by atoms with Crippen LogP contribution in [0, 0.1) is 5.92 Å². The highest BCUT2D eigenvalue weighted by Gasteiger charge is 2.27. The van der Waals surface area contributed by atoms with Crippen molar-refractivity contribution >= 4 is 5.97 Å². The highest BCUT2D eigenvalue weighted by atomic mass is 16.4. The van der Waals surface area contributed by atoms with Gasteiger partial charge in [0.25, 0.3) is 0 Å². The summed E-state index contributed by atoms with van der Waals surface area (Å²) in [4.78, 5) is 13.2. The largest absolute Gasteiger partial charge is 0.480 e. The molecule has 0 aliphatic carbocycles. The summed E-state index contributed by atoms with van der Waals surface area (Å²) in [7, 11) is 0. The van der Waals surface area contributed by atoms with E-state index in [0.29, 0.717) is 18.4 Å². The molecule has 1 atom stereocenters. The highest BCUT2D eigenvalue weighted by molar-refractivity contribution is 5.73.